The van der Waals surface area contributed by atoms with Crippen molar-refractivity contribution in [1.29, 1.82) is 0 Å². The third-order valence-electron chi connectivity index (χ3n) is 7.97. The summed E-state index contributed by atoms with van der Waals surface area (Å²) < 4.78 is 11.6. The molecule has 3 rings (SSSR count). The first-order valence-electron chi connectivity index (χ1n) is 14.8. The van der Waals surface area contributed by atoms with Gasteiger partial charge in [0.25, 0.3) is 5.91 Å². The fourth-order valence-electron chi connectivity index (χ4n) is 5.87. The van der Waals surface area contributed by atoms with Crippen LogP contribution in [-0.2, 0) is 9.53 Å². The maximum Gasteiger partial charge on any atom is 0.257 e. The molecule has 2 amide bonds. The van der Waals surface area contributed by atoms with Crippen LogP contribution in [0.5, 0.6) is 5.75 Å². The van der Waals surface area contributed by atoms with Gasteiger partial charge in [-0.05, 0) is 49.7 Å². The number of carbonyl (C=O) groups excluding carboxylic acids is 2. The number of para-hydroxylation sites is 1. The maximum atomic E-state index is 13.6. The second-order valence-electron chi connectivity index (χ2n) is 11.4. The number of benzene rings is 1. The number of rotatable bonds is 8. The van der Waals surface area contributed by atoms with Crippen molar-refractivity contribution in [2.75, 3.05) is 40.0 Å². The molecule has 2 aliphatic rings. The second kappa shape index (κ2) is 16.0. The van der Waals surface area contributed by atoms with Gasteiger partial charge in [0, 0.05) is 33.2 Å². The molecule has 1 saturated carbocycles. The van der Waals surface area contributed by atoms with Crippen LogP contribution in [0.3, 0.4) is 0 Å². The van der Waals surface area contributed by atoms with Crippen molar-refractivity contribution < 1.29 is 19.1 Å². The van der Waals surface area contributed by atoms with E-state index in [1.807, 2.05) is 29.2 Å². The topological polar surface area (TPSA) is 59.1 Å². The van der Waals surface area contributed by atoms with E-state index in [0.29, 0.717) is 55.9 Å². The first-order chi connectivity index (χ1) is 18.0. The monoisotopic (exact) mass is 514 g/mol. The molecule has 1 aliphatic carbocycles. The average molecular weight is 515 g/mol. The van der Waals surface area contributed by atoms with Crippen LogP contribution in [0.1, 0.15) is 101 Å². The van der Waals surface area contributed by atoms with Crippen LogP contribution >= 0.6 is 0 Å². The smallest absolute Gasteiger partial charge is 0.257 e. The molecule has 208 valence electrons. The summed E-state index contributed by atoms with van der Waals surface area (Å²) in [6.45, 7) is 7.42. The molecule has 1 aromatic carbocycles. The molecule has 1 aliphatic heterocycles. The average Bonchev–Trinajstić information content (AvgIpc) is 2.91. The fourth-order valence-corrected chi connectivity index (χ4v) is 5.87. The van der Waals surface area contributed by atoms with Crippen LogP contribution in [0.15, 0.2) is 24.3 Å². The lowest BCUT2D eigenvalue weighted by Crippen LogP contribution is -2.45. The van der Waals surface area contributed by atoms with E-state index in [1.165, 1.54) is 32.1 Å². The van der Waals surface area contributed by atoms with Gasteiger partial charge >= 0.3 is 0 Å². The van der Waals surface area contributed by atoms with Gasteiger partial charge in [-0.3, -0.25) is 9.59 Å². The summed E-state index contributed by atoms with van der Waals surface area (Å²) in [4.78, 5) is 31.1. The Bertz CT molecular complexity index is 821. The highest BCUT2D eigenvalue weighted by molar-refractivity contribution is 5.97. The zero-order chi connectivity index (χ0) is 26.5. The van der Waals surface area contributed by atoms with Gasteiger partial charge in [0.05, 0.1) is 18.2 Å². The largest absolute Gasteiger partial charge is 0.491 e. The van der Waals surface area contributed by atoms with Gasteiger partial charge in [0.1, 0.15) is 12.4 Å². The molecular formula is C31H50N2O4. The summed E-state index contributed by atoms with van der Waals surface area (Å²) in [6.07, 6.45) is 13.1. The number of fused-ring (bicyclic) bond motifs is 1. The van der Waals surface area contributed by atoms with E-state index < -0.39 is 0 Å². The minimum Gasteiger partial charge on any atom is -0.491 e. The number of carbonyl (C=O) groups is 2. The van der Waals surface area contributed by atoms with Crippen LogP contribution in [0, 0.1) is 11.8 Å². The van der Waals surface area contributed by atoms with Gasteiger partial charge in [-0.25, -0.2) is 0 Å². The summed E-state index contributed by atoms with van der Waals surface area (Å²) in [5.74, 6) is 2.03. The minimum atomic E-state index is -0.00877. The first kappa shape index (κ1) is 29.5. The van der Waals surface area contributed by atoms with E-state index in [0.717, 1.165) is 45.1 Å². The van der Waals surface area contributed by atoms with Crippen molar-refractivity contribution in [3.63, 3.8) is 0 Å². The molecule has 1 aromatic rings. The van der Waals surface area contributed by atoms with Gasteiger partial charge in [0.2, 0.25) is 5.91 Å². The Morgan fingerprint density at radius 1 is 1.03 bits per heavy atom. The van der Waals surface area contributed by atoms with Crippen molar-refractivity contribution in [2.24, 2.45) is 11.8 Å². The summed E-state index contributed by atoms with van der Waals surface area (Å²) in [7, 11) is 1.67. The molecule has 0 saturated heterocycles. The molecule has 0 radical (unpaired) electrons. The lowest BCUT2D eigenvalue weighted by molar-refractivity contribution is -0.135. The van der Waals surface area contributed by atoms with Gasteiger partial charge < -0.3 is 19.3 Å². The Balaban J connectivity index is 1.79. The van der Waals surface area contributed by atoms with E-state index >= 15 is 0 Å². The Hall–Kier alpha value is -2.08. The van der Waals surface area contributed by atoms with Crippen LogP contribution in [0.25, 0.3) is 0 Å². The third-order valence-corrected chi connectivity index (χ3v) is 7.97. The molecular weight excluding hydrogens is 464 g/mol. The third kappa shape index (κ3) is 9.63. The van der Waals surface area contributed by atoms with Crippen LogP contribution in [-0.4, -0.2) is 67.6 Å². The van der Waals surface area contributed by atoms with Crippen LogP contribution in [0.4, 0.5) is 0 Å². The lowest BCUT2D eigenvalue weighted by Gasteiger charge is -2.34. The predicted molar refractivity (Wildman–Crippen MR) is 149 cm³/mol. The normalized spacial score (nSPS) is 20.9. The summed E-state index contributed by atoms with van der Waals surface area (Å²) >= 11 is 0. The van der Waals surface area contributed by atoms with Crippen LogP contribution in [0.2, 0.25) is 0 Å². The van der Waals surface area contributed by atoms with E-state index in [1.54, 1.807) is 7.11 Å². The molecule has 0 unspecified atom stereocenters. The van der Waals surface area contributed by atoms with Gasteiger partial charge in [0.15, 0.2) is 0 Å². The molecule has 0 aromatic heterocycles. The Kier molecular flexibility index (Phi) is 12.8. The highest BCUT2D eigenvalue weighted by Crippen LogP contribution is 2.28. The standard InChI is InChI=1S/C31H50N2O4/c1-25(2)23-27-24-37-29-16-10-9-15-28(29)31(35)32(21-22-36-3)19-11-4-5-12-20-33(27)30(34)18-17-26-13-7-6-8-14-26/h9-10,15-16,25-27H,4-8,11-14,17-24H2,1-3H3/t27-/m0/s1. The molecule has 0 bridgehead atoms. The zero-order valence-electron chi connectivity index (χ0n) is 23.6. The van der Waals surface area contributed by atoms with Crippen molar-refractivity contribution >= 4 is 11.8 Å². The molecule has 6 heteroatoms. The molecule has 1 heterocycles. The molecule has 37 heavy (non-hydrogen) atoms. The molecule has 6 nitrogen and oxygen atoms in total. The fraction of sp³-hybridized carbons (Fsp3) is 0.742. The number of hydrogen-bond acceptors (Lipinski definition) is 4. The molecule has 0 N–H and O–H groups in total. The second-order valence-corrected chi connectivity index (χ2v) is 11.4. The molecule has 0 spiro atoms. The van der Waals surface area contributed by atoms with E-state index in [4.69, 9.17) is 9.47 Å². The predicted octanol–water partition coefficient (Wildman–Crippen LogP) is 6.33. The van der Waals surface area contributed by atoms with E-state index in [-0.39, 0.29) is 17.9 Å². The summed E-state index contributed by atoms with van der Waals surface area (Å²) in [6, 6.07) is 7.56. The summed E-state index contributed by atoms with van der Waals surface area (Å²) in [5, 5.41) is 0. The van der Waals surface area contributed by atoms with Crippen molar-refractivity contribution in [3.8, 4) is 5.75 Å². The summed E-state index contributed by atoms with van der Waals surface area (Å²) in [5.41, 5.74) is 0.592. The number of nitrogens with zero attached hydrogens (tertiary/aromatic N) is 2. The first-order valence-corrected chi connectivity index (χ1v) is 14.8. The number of hydrogen-bond donors (Lipinski definition) is 0. The van der Waals surface area contributed by atoms with Crippen LogP contribution < -0.4 is 4.74 Å². The van der Waals surface area contributed by atoms with E-state index in [9.17, 15) is 9.59 Å². The Morgan fingerprint density at radius 3 is 2.46 bits per heavy atom. The SMILES string of the molecule is COCCN1CCCCCCN(C(=O)CCC2CCCCC2)[C@@H](CC(C)C)COc2ccccc2C1=O. The highest BCUT2D eigenvalue weighted by atomic mass is 16.5. The lowest BCUT2D eigenvalue weighted by atomic mass is 9.86. The van der Waals surface area contributed by atoms with Crippen molar-refractivity contribution in [1.82, 2.24) is 9.80 Å². The Morgan fingerprint density at radius 2 is 1.73 bits per heavy atom. The minimum absolute atomic E-state index is 0.00877. The van der Waals surface area contributed by atoms with Gasteiger partial charge in [-0.1, -0.05) is 70.9 Å². The van der Waals surface area contributed by atoms with Crippen molar-refractivity contribution in [3.05, 3.63) is 29.8 Å². The number of ether oxygens (including phenoxy) is 2. The zero-order valence-corrected chi connectivity index (χ0v) is 23.6. The van der Waals surface area contributed by atoms with Gasteiger partial charge in [-0.2, -0.15) is 0 Å². The number of methoxy groups -OCH3 is 1. The highest BCUT2D eigenvalue weighted by Gasteiger charge is 2.27. The molecule has 1 fully saturated rings. The maximum absolute atomic E-state index is 13.6. The van der Waals surface area contributed by atoms with Crippen molar-refractivity contribution in [2.45, 2.75) is 96.9 Å². The Labute approximate surface area is 225 Å². The van der Waals surface area contributed by atoms with E-state index in [2.05, 4.69) is 18.7 Å². The van der Waals surface area contributed by atoms with Gasteiger partial charge in [-0.15, -0.1) is 0 Å². The molecule has 1 atom stereocenters. The number of amides is 2. The quantitative estimate of drug-likeness (QED) is 0.407.